The van der Waals surface area contributed by atoms with Gasteiger partial charge in [-0.25, -0.2) is 0 Å². The van der Waals surface area contributed by atoms with Crippen LogP contribution in [-0.2, 0) is 16.1 Å². The Morgan fingerprint density at radius 2 is 2.22 bits per heavy atom. The Balaban J connectivity index is 1.93. The van der Waals surface area contributed by atoms with E-state index in [4.69, 9.17) is 15.0 Å². The zero-order valence-corrected chi connectivity index (χ0v) is 10.4. The summed E-state index contributed by atoms with van der Waals surface area (Å²) in [5.41, 5.74) is 5.23. The molecule has 100 valence electrons. The Hall–Kier alpha value is -1.47. The van der Waals surface area contributed by atoms with Gasteiger partial charge < -0.3 is 20.3 Å². The van der Waals surface area contributed by atoms with Crippen molar-refractivity contribution < 1.29 is 14.1 Å². The molecule has 1 aliphatic rings. The lowest BCUT2D eigenvalue weighted by Crippen LogP contribution is -2.49. The fraction of sp³-hybridized carbons (Fsp3) is 0.727. The van der Waals surface area contributed by atoms with Crippen molar-refractivity contribution in [2.24, 2.45) is 11.1 Å². The Morgan fingerprint density at radius 1 is 1.50 bits per heavy atom. The van der Waals surface area contributed by atoms with E-state index in [1.165, 1.54) is 0 Å². The van der Waals surface area contributed by atoms with E-state index in [-0.39, 0.29) is 12.5 Å². The van der Waals surface area contributed by atoms with Crippen molar-refractivity contribution in [1.29, 1.82) is 0 Å². The first-order chi connectivity index (χ1) is 8.66. The van der Waals surface area contributed by atoms with Gasteiger partial charge in [0, 0.05) is 26.7 Å². The number of hydrogen-bond donors (Lipinski definition) is 2. The Morgan fingerprint density at radius 3 is 2.78 bits per heavy atom. The lowest BCUT2D eigenvalue weighted by Gasteiger charge is -2.34. The van der Waals surface area contributed by atoms with Gasteiger partial charge in [0.05, 0.1) is 12.0 Å². The SMILES string of the molecule is Cc1nc(CNC(=O)C2(CN)CCOCC2)no1. The molecule has 0 radical (unpaired) electrons. The van der Waals surface area contributed by atoms with E-state index in [2.05, 4.69) is 15.5 Å². The third-order valence-corrected chi connectivity index (χ3v) is 3.30. The Bertz CT molecular complexity index is 412. The number of nitrogens with one attached hydrogen (secondary N) is 1. The molecule has 1 amide bonds. The summed E-state index contributed by atoms with van der Waals surface area (Å²) >= 11 is 0. The molecule has 2 rings (SSSR count). The van der Waals surface area contributed by atoms with Crippen LogP contribution in [0.1, 0.15) is 24.6 Å². The van der Waals surface area contributed by atoms with E-state index in [0.717, 1.165) is 0 Å². The highest BCUT2D eigenvalue weighted by Gasteiger charge is 2.38. The van der Waals surface area contributed by atoms with Gasteiger partial charge in [-0.15, -0.1) is 0 Å². The lowest BCUT2D eigenvalue weighted by molar-refractivity contribution is -0.136. The van der Waals surface area contributed by atoms with Crippen LogP contribution in [0.2, 0.25) is 0 Å². The van der Waals surface area contributed by atoms with Crippen molar-refractivity contribution in [2.75, 3.05) is 19.8 Å². The molecular formula is C11H18N4O3. The molecule has 0 spiro atoms. The number of aromatic nitrogens is 2. The number of amides is 1. The highest BCUT2D eigenvalue weighted by Crippen LogP contribution is 2.29. The maximum atomic E-state index is 12.2. The van der Waals surface area contributed by atoms with E-state index in [0.29, 0.717) is 44.3 Å². The number of ether oxygens (including phenoxy) is 1. The smallest absolute Gasteiger partial charge is 0.228 e. The molecule has 0 aromatic carbocycles. The van der Waals surface area contributed by atoms with Crippen LogP contribution < -0.4 is 11.1 Å². The quantitative estimate of drug-likeness (QED) is 0.768. The third-order valence-electron chi connectivity index (χ3n) is 3.30. The number of rotatable bonds is 4. The zero-order chi connectivity index (χ0) is 13.0. The van der Waals surface area contributed by atoms with Gasteiger partial charge in [-0.05, 0) is 12.8 Å². The Labute approximate surface area is 105 Å². The van der Waals surface area contributed by atoms with Crippen LogP contribution in [0.15, 0.2) is 4.52 Å². The summed E-state index contributed by atoms with van der Waals surface area (Å²) in [5.74, 6) is 0.898. The predicted octanol–water partition coefficient (Wildman–Crippen LogP) is -0.250. The molecule has 0 bridgehead atoms. The standard InChI is InChI=1S/C11H18N4O3/c1-8-14-9(15-18-8)6-13-10(16)11(7-12)2-4-17-5-3-11/h2-7,12H2,1H3,(H,13,16). The second kappa shape index (κ2) is 5.45. The van der Waals surface area contributed by atoms with E-state index >= 15 is 0 Å². The topological polar surface area (TPSA) is 103 Å². The van der Waals surface area contributed by atoms with Crippen LogP contribution >= 0.6 is 0 Å². The van der Waals surface area contributed by atoms with Crippen molar-refractivity contribution in [2.45, 2.75) is 26.3 Å². The number of nitrogens with zero attached hydrogens (tertiary/aromatic N) is 2. The maximum Gasteiger partial charge on any atom is 0.228 e. The van der Waals surface area contributed by atoms with E-state index in [9.17, 15) is 4.79 Å². The second-order valence-electron chi connectivity index (χ2n) is 4.51. The minimum atomic E-state index is -0.517. The fourth-order valence-electron chi connectivity index (χ4n) is 2.05. The van der Waals surface area contributed by atoms with Crippen LogP contribution in [0.25, 0.3) is 0 Å². The first-order valence-electron chi connectivity index (χ1n) is 6.02. The van der Waals surface area contributed by atoms with Gasteiger partial charge in [-0.1, -0.05) is 5.16 Å². The number of nitrogens with two attached hydrogens (primary N) is 1. The van der Waals surface area contributed by atoms with Crippen LogP contribution in [0.3, 0.4) is 0 Å². The fourth-order valence-corrected chi connectivity index (χ4v) is 2.05. The summed E-state index contributed by atoms with van der Waals surface area (Å²) in [6.07, 6.45) is 1.31. The molecule has 0 aliphatic carbocycles. The first kappa shape index (κ1) is 13.0. The number of aryl methyl sites for hydroxylation is 1. The predicted molar refractivity (Wildman–Crippen MR) is 62.4 cm³/mol. The summed E-state index contributed by atoms with van der Waals surface area (Å²) in [7, 11) is 0. The van der Waals surface area contributed by atoms with E-state index in [1.54, 1.807) is 6.92 Å². The van der Waals surface area contributed by atoms with Gasteiger partial charge in [0.1, 0.15) is 0 Å². The van der Waals surface area contributed by atoms with Gasteiger partial charge in [0.15, 0.2) is 5.82 Å². The first-order valence-corrected chi connectivity index (χ1v) is 6.02. The number of hydrogen-bond acceptors (Lipinski definition) is 6. The molecule has 0 unspecified atom stereocenters. The third kappa shape index (κ3) is 2.68. The average molecular weight is 254 g/mol. The van der Waals surface area contributed by atoms with Crippen molar-refractivity contribution in [3.8, 4) is 0 Å². The van der Waals surface area contributed by atoms with Gasteiger partial charge in [-0.2, -0.15) is 4.98 Å². The molecular weight excluding hydrogens is 236 g/mol. The lowest BCUT2D eigenvalue weighted by atomic mass is 9.79. The van der Waals surface area contributed by atoms with Crippen LogP contribution in [0.4, 0.5) is 0 Å². The van der Waals surface area contributed by atoms with E-state index < -0.39 is 5.41 Å². The molecule has 3 N–H and O–H groups in total. The van der Waals surface area contributed by atoms with Gasteiger partial charge in [-0.3, -0.25) is 4.79 Å². The van der Waals surface area contributed by atoms with Crippen molar-refractivity contribution in [3.05, 3.63) is 11.7 Å². The van der Waals surface area contributed by atoms with Gasteiger partial charge >= 0.3 is 0 Å². The summed E-state index contributed by atoms with van der Waals surface area (Å²) in [5, 5.41) is 6.54. The Kier molecular flexibility index (Phi) is 3.93. The van der Waals surface area contributed by atoms with Crippen molar-refractivity contribution in [1.82, 2.24) is 15.5 Å². The molecule has 1 saturated heterocycles. The summed E-state index contributed by atoms with van der Waals surface area (Å²) in [6, 6.07) is 0. The molecule has 1 aromatic rings. The largest absolute Gasteiger partial charge is 0.381 e. The monoisotopic (exact) mass is 254 g/mol. The molecule has 0 atom stereocenters. The van der Waals surface area contributed by atoms with Crippen LogP contribution in [0, 0.1) is 12.3 Å². The average Bonchev–Trinajstić information content (AvgIpc) is 2.82. The molecule has 7 heteroatoms. The normalized spacial score (nSPS) is 18.6. The molecule has 18 heavy (non-hydrogen) atoms. The van der Waals surface area contributed by atoms with Gasteiger partial charge in [0.2, 0.25) is 11.8 Å². The van der Waals surface area contributed by atoms with E-state index in [1.807, 2.05) is 0 Å². The van der Waals surface area contributed by atoms with Crippen LogP contribution in [-0.4, -0.2) is 35.8 Å². The molecule has 7 nitrogen and oxygen atoms in total. The minimum absolute atomic E-state index is 0.0595. The molecule has 1 fully saturated rings. The number of carbonyl (C=O) groups is 1. The van der Waals surface area contributed by atoms with Crippen LogP contribution in [0.5, 0.6) is 0 Å². The molecule has 1 aromatic heterocycles. The minimum Gasteiger partial charge on any atom is -0.381 e. The zero-order valence-electron chi connectivity index (χ0n) is 10.4. The maximum absolute atomic E-state index is 12.2. The van der Waals surface area contributed by atoms with Crippen molar-refractivity contribution in [3.63, 3.8) is 0 Å². The second-order valence-corrected chi connectivity index (χ2v) is 4.51. The summed E-state index contributed by atoms with van der Waals surface area (Å²) in [6.45, 7) is 3.45. The summed E-state index contributed by atoms with van der Waals surface area (Å²) in [4.78, 5) is 16.2. The molecule has 1 aliphatic heterocycles. The molecule has 2 heterocycles. The summed E-state index contributed by atoms with van der Waals surface area (Å²) < 4.78 is 10.1. The van der Waals surface area contributed by atoms with Gasteiger partial charge in [0.25, 0.3) is 0 Å². The molecule has 0 saturated carbocycles. The highest BCUT2D eigenvalue weighted by atomic mass is 16.5. The number of carbonyl (C=O) groups excluding carboxylic acids is 1. The van der Waals surface area contributed by atoms with Crippen molar-refractivity contribution >= 4 is 5.91 Å². The highest BCUT2D eigenvalue weighted by molar-refractivity contribution is 5.82.